The summed E-state index contributed by atoms with van der Waals surface area (Å²) in [6.45, 7) is 13.2. The Labute approximate surface area is 204 Å². The molecular formula is C29H44O5. The number of allylic oxidation sites excluding steroid dienone is 3. The molecule has 0 bridgehead atoms. The highest BCUT2D eigenvalue weighted by Crippen LogP contribution is 2.75. The summed E-state index contributed by atoms with van der Waals surface area (Å²) in [5, 5.41) is 42.6. The molecule has 4 N–H and O–H groups in total. The van der Waals surface area contributed by atoms with Crippen LogP contribution in [0, 0.1) is 44.8 Å². The predicted molar refractivity (Wildman–Crippen MR) is 131 cm³/mol. The minimum absolute atomic E-state index is 0.0229. The average molecular weight is 473 g/mol. The van der Waals surface area contributed by atoms with Crippen LogP contribution in [0.5, 0.6) is 0 Å². The lowest BCUT2D eigenvalue weighted by Gasteiger charge is -2.71. The number of aliphatic carboxylic acids is 1. The molecule has 4 fully saturated rings. The first-order valence-electron chi connectivity index (χ1n) is 13.4. The molecule has 0 saturated heterocycles. The molecule has 0 aliphatic heterocycles. The van der Waals surface area contributed by atoms with E-state index in [2.05, 4.69) is 33.4 Å². The highest BCUT2D eigenvalue weighted by molar-refractivity contribution is 5.77. The molecule has 5 aliphatic carbocycles. The van der Waals surface area contributed by atoms with Gasteiger partial charge < -0.3 is 20.4 Å². The summed E-state index contributed by atoms with van der Waals surface area (Å²) in [4.78, 5) is 12.6. The van der Waals surface area contributed by atoms with Gasteiger partial charge in [0.25, 0.3) is 0 Å². The van der Waals surface area contributed by atoms with Crippen LogP contribution in [-0.4, -0.2) is 45.2 Å². The number of rotatable bonds is 2. The van der Waals surface area contributed by atoms with Crippen molar-refractivity contribution in [2.24, 2.45) is 44.8 Å². The third kappa shape index (κ3) is 2.75. The van der Waals surface area contributed by atoms with Gasteiger partial charge in [-0.3, -0.25) is 4.79 Å². The molecular weight excluding hydrogens is 428 g/mol. The number of hydrogen-bond donors (Lipinski definition) is 4. The zero-order chi connectivity index (χ0) is 24.9. The van der Waals surface area contributed by atoms with Crippen LogP contribution in [0.4, 0.5) is 0 Å². The summed E-state index contributed by atoms with van der Waals surface area (Å²) >= 11 is 0. The van der Waals surface area contributed by atoms with Crippen molar-refractivity contribution in [1.29, 1.82) is 0 Å². The Balaban J connectivity index is 1.61. The number of fused-ring (bicyclic) bond motifs is 7. The van der Waals surface area contributed by atoms with Crippen molar-refractivity contribution >= 4 is 5.97 Å². The van der Waals surface area contributed by atoms with Crippen LogP contribution in [0.25, 0.3) is 0 Å². The molecule has 0 unspecified atom stereocenters. The molecule has 0 aromatic carbocycles. The lowest BCUT2D eigenvalue weighted by Crippen LogP contribution is -2.68. The molecule has 190 valence electrons. The van der Waals surface area contributed by atoms with Crippen molar-refractivity contribution in [2.45, 2.75) is 97.7 Å². The van der Waals surface area contributed by atoms with Crippen LogP contribution in [0.2, 0.25) is 0 Å². The van der Waals surface area contributed by atoms with Gasteiger partial charge in [0.2, 0.25) is 0 Å². The standard InChI is InChI=1S/C29H44O5/c1-17-8-11-29(24(33)34)13-12-27(4)18(19(29)14-17)6-7-22-25(2)15-20(31)23(32)26(3,16-30)21(25)9-10-28(22,27)5/h6,19-23,30-32H,1,7-16H2,2-5H3,(H,33,34)/t19-,20+,21+,22+,23-,25-,26-,27+,28+,29-/m0/s1. The molecule has 5 aliphatic rings. The van der Waals surface area contributed by atoms with E-state index in [1.807, 2.05) is 6.92 Å². The average Bonchev–Trinajstić information content (AvgIpc) is 2.77. The normalized spacial score (nSPS) is 54.7. The lowest BCUT2D eigenvalue weighted by atomic mass is 9.33. The van der Waals surface area contributed by atoms with E-state index in [4.69, 9.17) is 0 Å². The van der Waals surface area contributed by atoms with Gasteiger partial charge in [0.15, 0.2) is 0 Å². The monoisotopic (exact) mass is 472 g/mol. The maximum absolute atomic E-state index is 12.6. The van der Waals surface area contributed by atoms with Gasteiger partial charge in [-0.1, -0.05) is 51.5 Å². The SMILES string of the molecule is C=C1CC[C@]2(C(=O)O)CC[C@]3(C)C(=CC[C@@H]4[C@@]5(C)C[C@@H](O)[C@H](O)[C@@](C)(CO)[C@@H]5CC[C@]43C)[C@@H]2C1. The summed E-state index contributed by atoms with van der Waals surface area (Å²) in [5.41, 5.74) is 0.821. The maximum atomic E-state index is 12.6. The van der Waals surface area contributed by atoms with Crippen LogP contribution in [0.1, 0.15) is 85.5 Å². The fraction of sp³-hybridized carbons (Fsp3) is 0.828. The lowest BCUT2D eigenvalue weighted by molar-refractivity contribution is -0.243. The van der Waals surface area contributed by atoms with Gasteiger partial charge in [-0.2, -0.15) is 0 Å². The molecule has 0 radical (unpaired) electrons. The number of carboxylic acid groups (broad SMARTS) is 1. The first kappa shape index (κ1) is 24.5. The quantitative estimate of drug-likeness (QED) is 0.437. The minimum Gasteiger partial charge on any atom is -0.481 e. The van der Waals surface area contributed by atoms with Gasteiger partial charge >= 0.3 is 5.97 Å². The van der Waals surface area contributed by atoms with Crippen LogP contribution in [0.15, 0.2) is 23.8 Å². The first-order chi connectivity index (χ1) is 15.8. The van der Waals surface area contributed by atoms with Gasteiger partial charge in [0.05, 0.1) is 24.2 Å². The van der Waals surface area contributed by atoms with Gasteiger partial charge in [0, 0.05) is 11.3 Å². The zero-order valence-corrected chi connectivity index (χ0v) is 21.4. The van der Waals surface area contributed by atoms with Gasteiger partial charge in [0.1, 0.15) is 0 Å². The third-order valence-corrected chi connectivity index (χ3v) is 12.6. The van der Waals surface area contributed by atoms with Crippen molar-refractivity contribution in [3.05, 3.63) is 23.8 Å². The molecule has 4 saturated carbocycles. The molecule has 5 nitrogen and oxygen atoms in total. The van der Waals surface area contributed by atoms with E-state index in [-0.39, 0.29) is 34.7 Å². The van der Waals surface area contributed by atoms with E-state index in [0.717, 1.165) is 38.5 Å². The second-order valence-electron chi connectivity index (χ2n) is 13.6. The number of carbonyl (C=O) groups is 1. The second-order valence-corrected chi connectivity index (χ2v) is 13.6. The fourth-order valence-corrected chi connectivity index (χ4v) is 10.3. The molecule has 10 atom stereocenters. The van der Waals surface area contributed by atoms with Gasteiger partial charge in [-0.25, -0.2) is 0 Å². The summed E-state index contributed by atoms with van der Waals surface area (Å²) in [6.07, 6.45) is 7.84. The first-order valence-corrected chi connectivity index (χ1v) is 13.4. The van der Waals surface area contributed by atoms with E-state index in [1.54, 1.807) is 0 Å². The number of hydrogen-bond acceptors (Lipinski definition) is 4. The van der Waals surface area contributed by atoms with Crippen molar-refractivity contribution < 1.29 is 25.2 Å². The number of carboxylic acids is 1. The Hall–Kier alpha value is -1.17. The summed E-state index contributed by atoms with van der Waals surface area (Å²) in [5.74, 6) is -0.172. The predicted octanol–water partition coefficient (Wildman–Crippen LogP) is 4.71. The largest absolute Gasteiger partial charge is 0.481 e. The third-order valence-electron chi connectivity index (χ3n) is 12.6. The molecule has 0 heterocycles. The van der Waals surface area contributed by atoms with E-state index < -0.39 is 29.0 Å². The van der Waals surface area contributed by atoms with Crippen molar-refractivity contribution in [3.63, 3.8) is 0 Å². The molecule has 0 amide bonds. The Morgan fingerprint density at radius 3 is 2.44 bits per heavy atom. The van der Waals surface area contributed by atoms with E-state index >= 15 is 0 Å². The van der Waals surface area contributed by atoms with Crippen molar-refractivity contribution in [1.82, 2.24) is 0 Å². The maximum Gasteiger partial charge on any atom is 0.310 e. The van der Waals surface area contributed by atoms with Crippen molar-refractivity contribution in [2.75, 3.05) is 6.61 Å². The summed E-state index contributed by atoms with van der Waals surface area (Å²) in [6, 6.07) is 0. The Morgan fingerprint density at radius 2 is 1.79 bits per heavy atom. The Morgan fingerprint density at radius 1 is 1.09 bits per heavy atom. The van der Waals surface area contributed by atoms with Gasteiger partial charge in [-0.15, -0.1) is 0 Å². The zero-order valence-electron chi connectivity index (χ0n) is 21.4. The van der Waals surface area contributed by atoms with Crippen molar-refractivity contribution in [3.8, 4) is 0 Å². The highest BCUT2D eigenvalue weighted by Gasteiger charge is 2.70. The number of aliphatic hydroxyl groups is 3. The van der Waals surface area contributed by atoms with E-state index in [0.29, 0.717) is 25.2 Å². The fourth-order valence-electron chi connectivity index (χ4n) is 10.3. The topological polar surface area (TPSA) is 98.0 Å². The van der Waals surface area contributed by atoms with E-state index in [1.165, 1.54) is 11.1 Å². The minimum atomic E-state index is -0.913. The molecule has 0 spiro atoms. The second kappa shape index (κ2) is 7.43. The Bertz CT molecular complexity index is 941. The molecule has 5 rings (SSSR count). The molecule has 0 aromatic rings. The van der Waals surface area contributed by atoms with E-state index in [9.17, 15) is 25.2 Å². The molecule has 34 heavy (non-hydrogen) atoms. The van der Waals surface area contributed by atoms with Crippen LogP contribution in [0.3, 0.4) is 0 Å². The Kier molecular flexibility index (Phi) is 5.36. The summed E-state index contributed by atoms with van der Waals surface area (Å²) < 4.78 is 0. The van der Waals surface area contributed by atoms with Crippen LogP contribution < -0.4 is 0 Å². The van der Waals surface area contributed by atoms with Crippen LogP contribution >= 0.6 is 0 Å². The molecule has 5 heteroatoms. The summed E-state index contributed by atoms with van der Waals surface area (Å²) in [7, 11) is 0. The smallest absolute Gasteiger partial charge is 0.310 e. The van der Waals surface area contributed by atoms with Gasteiger partial charge in [-0.05, 0) is 85.9 Å². The number of aliphatic hydroxyl groups excluding tert-OH is 3. The highest BCUT2D eigenvalue weighted by atomic mass is 16.4. The molecule has 0 aromatic heterocycles. The van der Waals surface area contributed by atoms with Crippen LogP contribution in [-0.2, 0) is 4.79 Å².